The number of carbonyl (C=O) groups excluding carboxylic acids is 1. The van der Waals surface area contributed by atoms with Crippen molar-refractivity contribution < 1.29 is 4.79 Å². The van der Waals surface area contributed by atoms with Crippen LogP contribution in [-0.4, -0.2) is 5.78 Å². The van der Waals surface area contributed by atoms with Gasteiger partial charge in [0.2, 0.25) is 0 Å². The van der Waals surface area contributed by atoms with Gasteiger partial charge in [-0.1, -0.05) is 24.3 Å². The molecule has 1 aliphatic carbocycles. The van der Waals surface area contributed by atoms with E-state index in [-0.39, 0.29) is 5.78 Å². The fraction of sp³-hybridized carbons (Fsp3) is 0.278. The van der Waals surface area contributed by atoms with Crippen LogP contribution in [0.1, 0.15) is 45.5 Å². The van der Waals surface area contributed by atoms with E-state index < -0.39 is 0 Å². The van der Waals surface area contributed by atoms with Crippen molar-refractivity contribution in [3.63, 3.8) is 0 Å². The van der Waals surface area contributed by atoms with Crippen molar-refractivity contribution in [3.8, 4) is 0 Å². The fourth-order valence-electron chi connectivity index (χ4n) is 3.02. The van der Waals surface area contributed by atoms with E-state index in [1.54, 1.807) is 6.07 Å². The van der Waals surface area contributed by atoms with Crippen LogP contribution in [-0.2, 0) is 12.8 Å². The van der Waals surface area contributed by atoms with Crippen LogP contribution >= 0.6 is 0 Å². The number of ketones is 1. The van der Waals surface area contributed by atoms with E-state index in [9.17, 15) is 4.79 Å². The Morgan fingerprint density at radius 1 is 1.05 bits per heavy atom. The van der Waals surface area contributed by atoms with Gasteiger partial charge < -0.3 is 5.73 Å². The molecule has 0 saturated carbocycles. The van der Waals surface area contributed by atoms with Crippen molar-refractivity contribution in [2.45, 2.75) is 32.6 Å². The summed E-state index contributed by atoms with van der Waals surface area (Å²) in [6.45, 7) is 1.93. The van der Waals surface area contributed by atoms with Crippen LogP contribution in [0.3, 0.4) is 0 Å². The molecule has 2 nitrogen and oxygen atoms in total. The summed E-state index contributed by atoms with van der Waals surface area (Å²) in [4.78, 5) is 12.7. The maximum absolute atomic E-state index is 12.7. The molecule has 0 radical (unpaired) electrons. The average Bonchev–Trinajstić information content (AvgIpc) is 2.46. The summed E-state index contributed by atoms with van der Waals surface area (Å²) in [6, 6.07) is 11.7. The van der Waals surface area contributed by atoms with E-state index in [1.807, 2.05) is 25.1 Å². The molecule has 102 valence electrons. The zero-order valence-corrected chi connectivity index (χ0v) is 11.8. The van der Waals surface area contributed by atoms with Gasteiger partial charge in [-0.2, -0.15) is 0 Å². The lowest BCUT2D eigenvalue weighted by atomic mass is 9.88. The van der Waals surface area contributed by atoms with Gasteiger partial charge in [0.25, 0.3) is 0 Å². The largest absolute Gasteiger partial charge is 0.398 e. The first-order valence-electron chi connectivity index (χ1n) is 7.18. The van der Waals surface area contributed by atoms with Crippen LogP contribution in [0.2, 0.25) is 0 Å². The number of benzene rings is 2. The van der Waals surface area contributed by atoms with Gasteiger partial charge in [0, 0.05) is 16.8 Å². The molecule has 2 heteroatoms. The Balaban J connectivity index is 2.03. The summed E-state index contributed by atoms with van der Waals surface area (Å²) in [5.41, 5.74) is 11.6. The van der Waals surface area contributed by atoms with E-state index in [2.05, 4.69) is 12.1 Å². The maximum Gasteiger partial charge on any atom is 0.195 e. The quantitative estimate of drug-likeness (QED) is 0.664. The highest BCUT2D eigenvalue weighted by Crippen LogP contribution is 2.25. The Labute approximate surface area is 119 Å². The molecule has 0 fully saturated rings. The smallest absolute Gasteiger partial charge is 0.195 e. The van der Waals surface area contributed by atoms with Crippen LogP contribution in [0, 0.1) is 6.92 Å². The molecule has 0 amide bonds. The Hall–Kier alpha value is -2.09. The molecule has 2 aromatic rings. The molecule has 0 heterocycles. The summed E-state index contributed by atoms with van der Waals surface area (Å²) in [5.74, 6) is 0.0361. The van der Waals surface area contributed by atoms with Crippen LogP contribution < -0.4 is 5.73 Å². The minimum absolute atomic E-state index is 0.0361. The number of hydrogen-bond donors (Lipinski definition) is 1. The van der Waals surface area contributed by atoms with Gasteiger partial charge in [0.05, 0.1) is 0 Å². The second-order valence-corrected chi connectivity index (χ2v) is 5.56. The third-order valence-electron chi connectivity index (χ3n) is 4.14. The first-order chi connectivity index (χ1) is 9.66. The Bertz CT molecular complexity index is 653. The molecule has 2 N–H and O–H groups in total. The van der Waals surface area contributed by atoms with Crippen molar-refractivity contribution in [3.05, 3.63) is 64.2 Å². The minimum Gasteiger partial charge on any atom is -0.398 e. The van der Waals surface area contributed by atoms with Crippen molar-refractivity contribution in [2.75, 3.05) is 5.73 Å². The summed E-state index contributed by atoms with van der Waals surface area (Å²) in [5, 5.41) is 0. The van der Waals surface area contributed by atoms with Crippen molar-refractivity contribution in [2.24, 2.45) is 0 Å². The number of hydrogen-bond acceptors (Lipinski definition) is 2. The predicted molar refractivity (Wildman–Crippen MR) is 82.1 cm³/mol. The van der Waals surface area contributed by atoms with E-state index in [0.29, 0.717) is 11.3 Å². The fourth-order valence-corrected chi connectivity index (χ4v) is 3.02. The molecule has 0 atom stereocenters. The van der Waals surface area contributed by atoms with Gasteiger partial charge >= 0.3 is 0 Å². The normalized spacial score (nSPS) is 13.8. The highest BCUT2D eigenvalue weighted by atomic mass is 16.1. The minimum atomic E-state index is 0.0361. The van der Waals surface area contributed by atoms with Gasteiger partial charge in [-0.05, 0) is 61.4 Å². The summed E-state index contributed by atoms with van der Waals surface area (Å²) in [7, 11) is 0. The molecule has 0 aliphatic heterocycles. The number of rotatable bonds is 2. The SMILES string of the molecule is Cc1cccc(N)c1C(=O)c1ccc2c(c1)CCCC2. The third kappa shape index (κ3) is 2.22. The molecule has 0 saturated heterocycles. The molecule has 3 rings (SSSR count). The molecule has 20 heavy (non-hydrogen) atoms. The number of anilines is 1. The molecular formula is C18H19NO. The lowest BCUT2D eigenvalue weighted by molar-refractivity contribution is 0.103. The predicted octanol–water partition coefficient (Wildman–Crippen LogP) is 3.69. The maximum atomic E-state index is 12.7. The summed E-state index contributed by atoms with van der Waals surface area (Å²) < 4.78 is 0. The number of nitrogens with two attached hydrogens (primary N) is 1. The Kier molecular flexibility index (Phi) is 3.31. The molecule has 1 aliphatic rings. The van der Waals surface area contributed by atoms with Crippen molar-refractivity contribution in [1.82, 2.24) is 0 Å². The molecule has 0 aromatic heterocycles. The first kappa shape index (κ1) is 12.9. The van der Waals surface area contributed by atoms with Crippen LogP contribution in [0.4, 0.5) is 5.69 Å². The van der Waals surface area contributed by atoms with Crippen molar-refractivity contribution in [1.29, 1.82) is 0 Å². The zero-order chi connectivity index (χ0) is 14.1. The average molecular weight is 265 g/mol. The van der Waals surface area contributed by atoms with Crippen molar-refractivity contribution >= 4 is 11.5 Å². The molecule has 0 unspecified atom stereocenters. The highest BCUT2D eigenvalue weighted by Gasteiger charge is 2.17. The Morgan fingerprint density at radius 2 is 1.80 bits per heavy atom. The van der Waals surface area contributed by atoms with Gasteiger partial charge in [-0.25, -0.2) is 0 Å². The Morgan fingerprint density at radius 3 is 2.55 bits per heavy atom. The number of carbonyl (C=O) groups is 1. The molecule has 0 spiro atoms. The van der Waals surface area contributed by atoms with E-state index in [4.69, 9.17) is 5.73 Å². The van der Waals surface area contributed by atoms with Gasteiger partial charge in [-0.15, -0.1) is 0 Å². The highest BCUT2D eigenvalue weighted by molar-refractivity contribution is 6.13. The van der Waals surface area contributed by atoms with Crippen LogP contribution in [0.15, 0.2) is 36.4 Å². The molecular weight excluding hydrogens is 246 g/mol. The van der Waals surface area contributed by atoms with Crippen LogP contribution in [0.25, 0.3) is 0 Å². The second-order valence-electron chi connectivity index (χ2n) is 5.56. The lowest BCUT2D eigenvalue weighted by Gasteiger charge is -2.17. The van der Waals surface area contributed by atoms with Crippen LogP contribution in [0.5, 0.6) is 0 Å². The standard InChI is InChI=1S/C18H19NO/c1-12-5-4-8-16(19)17(12)18(20)15-10-9-13-6-2-3-7-14(13)11-15/h4-5,8-11H,2-3,6-7,19H2,1H3. The van der Waals surface area contributed by atoms with Gasteiger partial charge in [-0.3, -0.25) is 4.79 Å². The number of fused-ring (bicyclic) bond motifs is 1. The third-order valence-corrected chi connectivity index (χ3v) is 4.14. The van der Waals surface area contributed by atoms with E-state index in [1.165, 1.54) is 24.0 Å². The van der Waals surface area contributed by atoms with E-state index in [0.717, 1.165) is 24.0 Å². The topological polar surface area (TPSA) is 43.1 Å². The molecule has 0 bridgehead atoms. The van der Waals surface area contributed by atoms with Gasteiger partial charge in [0.1, 0.15) is 0 Å². The zero-order valence-electron chi connectivity index (χ0n) is 11.8. The second kappa shape index (κ2) is 5.12. The molecule has 2 aromatic carbocycles. The summed E-state index contributed by atoms with van der Waals surface area (Å²) in [6.07, 6.45) is 4.69. The van der Waals surface area contributed by atoms with E-state index >= 15 is 0 Å². The number of aryl methyl sites for hydroxylation is 3. The monoisotopic (exact) mass is 265 g/mol. The number of nitrogen functional groups attached to an aromatic ring is 1. The van der Waals surface area contributed by atoms with Gasteiger partial charge in [0.15, 0.2) is 5.78 Å². The summed E-state index contributed by atoms with van der Waals surface area (Å²) >= 11 is 0. The first-order valence-corrected chi connectivity index (χ1v) is 7.18. The lowest BCUT2D eigenvalue weighted by Crippen LogP contribution is -2.10.